The summed E-state index contributed by atoms with van der Waals surface area (Å²) in [5, 5.41) is 8.20. The topological polar surface area (TPSA) is 50.4 Å². The van der Waals surface area contributed by atoms with E-state index >= 15 is 0 Å². The molecule has 1 aliphatic heterocycles. The van der Waals surface area contributed by atoms with E-state index in [0.717, 1.165) is 35.6 Å². The number of fused-ring (bicyclic) bond motifs is 1. The predicted molar refractivity (Wildman–Crippen MR) is 53.4 cm³/mol. The van der Waals surface area contributed by atoms with Crippen molar-refractivity contribution in [2.24, 2.45) is 4.99 Å². The summed E-state index contributed by atoms with van der Waals surface area (Å²) in [6.45, 7) is 1.70. The minimum atomic E-state index is 0.805. The van der Waals surface area contributed by atoms with Crippen molar-refractivity contribution in [3.05, 3.63) is 30.0 Å². The molecule has 70 valence electrons. The molecular weight excluding hydrogens is 178 g/mol. The zero-order valence-electron chi connectivity index (χ0n) is 7.53. The molecule has 1 N–H and O–H groups in total. The molecule has 0 atom stereocenters. The zero-order valence-corrected chi connectivity index (χ0v) is 7.53. The molecule has 0 fully saturated rings. The molecule has 0 aliphatic carbocycles. The van der Waals surface area contributed by atoms with Crippen LogP contribution >= 0.6 is 0 Å². The second-order valence-corrected chi connectivity index (χ2v) is 3.18. The van der Waals surface area contributed by atoms with E-state index in [1.807, 2.05) is 24.3 Å². The summed E-state index contributed by atoms with van der Waals surface area (Å²) in [5.74, 6) is 0.843. The van der Waals surface area contributed by atoms with Gasteiger partial charge < -0.3 is 9.84 Å². The molecule has 0 amide bonds. The van der Waals surface area contributed by atoms with Gasteiger partial charge in [0.2, 0.25) is 0 Å². The zero-order chi connectivity index (χ0) is 9.38. The maximum atomic E-state index is 5.19. The summed E-state index contributed by atoms with van der Waals surface area (Å²) in [4.78, 5) is 4.31. The molecule has 0 unspecified atom stereocenters. The molecule has 0 radical (unpaired) electrons. The molecule has 3 rings (SSSR count). The van der Waals surface area contributed by atoms with Crippen LogP contribution in [0.1, 0.15) is 5.69 Å². The SMILES string of the molecule is c1ccc2c(C3=NCCN3)noc2c1. The largest absolute Gasteiger partial charge is 0.367 e. The van der Waals surface area contributed by atoms with Gasteiger partial charge in [0.1, 0.15) is 0 Å². The fourth-order valence-electron chi connectivity index (χ4n) is 1.61. The van der Waals surface area contributed by atoms with Crippen molar-refractivity contribution in [1.82, 2.24) is 10.5 Å². The summed E-state index contributed by atoms with van der Waals surface area (Å²) in [5.41, 5.74) is 1.62. The van der Waals surface area contributed by atoms with Crippen LogP contribution in [0.25, 0.3) is 11.0 Å². The first-order chi connectivity index (χ1) is 6.95. The van der Waals surface area contributed by atoms with Crippen LogP contribution in [0, 0.1) is 0 Å². The van der Waals surface area contributed by atoms with E-state index < -0.39 is 0 Å². The second-order valence-electron chi connectivity index (χ2n) is 3.18. The maximum Gasteiger partial charge on any atom is 0.167 e. The molecule has 2 aromatic rings. The molecule has 1 aliphatic rings. The predicted octanol–water partition coefficient (Wildman–Crippen LogP) is 1.18. The van der Waals surface area contributed by atoms with E-state index in [1.54, 1.807) is 0 Å². The standard InChI is InChI=1S/C10H9N3O/c1-2-4-8-7(3-1)9(13-14-8)10-11-5-6-12-10/h1-4H,5-6H2,(H,11,12). The van der Waals surface area contributed by atoms with Crippen LogP contribution in [0.15, 0.2) is 33.8 Å². The van der Waals surface area contributed by atoms with Gasteiger partial charge in [-0.25, -0.2) is 0 Å². The van der Waals surface area contributed by atoms with Gasteiger partial charge in [-0.1, -0.05) is 17.3 Å². The monoisotopic (exact) mass is 187 g/mol. The highest BCUT2D eigenvalue weighted by atomic mass is 16.5. The van der Waals surface area contributed by atoms with Gasteiger partial charge in [0.15, 0.2) is 17.1 Å². The Morgan fingerprint density at radius 3 is 3.07 bits per heavy atom. The van der Waals surface area contributed by atoms with E-state index in [0.29, 0.717) is 0 Å². The number of hydrogen-bond acceptors (Lipinski definition) is 4. The molecule has 0 bridgehead atoms. The van der Waals surface area contributed by atoms with E-state index in [2.05, 4.69) is 15.5 Å². The number of benzene rings is 1. The van der Waals surface area contributed by atoms with E-state index in [9.17, 15) is 0 Å². The third-order valence-corrected chi connectivity index (χ3v) is 2.28. The molecule has 2 heterocycles. The third-order valence-electron chi connectivity index (χ3n) is 2.28. The Morgan fingerprint density at radius 2 is 2.21 bits per heavy atom. The lowest BCUT2D eigenvalue weighted by molar-refractivity contribution is 0.454. The van der Waals surface area contributed by atoms with Crippen LogP contribution < -0.4 is 5.32 Å². The number of rotatable bonds is 1. The van der Waals surface area contributed by atoms with Crippen LogP contribution in [-0.4, -0.2) is 24.1 Å². The van der Waals surface area contributed by atoms with Crippen molar-refractivity contribution in [3.8, 4) is 0 Å². The fourth-order valence-corrected chi connectivity index (χ4v) is 1.61. The lowest BCUT2D eigenvalue weighted by Gasteiger charge is -1.95. The lowest BCUT2D eigenvalue weighted by Crippen LogP contribution is -2.19. The highest BCUT2D eigenvalue weighted by Gasteiger charge is 2.15. The number of hydrogen-bond donors (Lipinski definition) is 1. The number of nitrogens with zero attached hydrogens (tertiary/aromatic N) is 2. The van der Waals surface area contributed by atoms with Crippen molar-refractivity contribution in [3.63, 3.8) is 0 Å². The van der Waals surface area contributed by atoms with Gasteiger partial charge in [0.05, 0.1) is 11.9 Å². The first kappa shape index (κ1) is 7.55. The normalized spacial score (nSPS) is 15.6. The Balaban J connectivity index is 2.21. The molecule has 14 heavy (non-hydrogen) atoms. The second kappa shape index (κ2) is 2.83. The fraction of sp³-hybridized carbons (Fsp3) is 0.200. The Morgan fingerprint density at radius 1 is 1.29 bits per heavy atom. The average molecular weight is 187 g/mol. The molecule has 4 heteroatoms. The minimum absolute atomic E-state index is 0.805. The summed E-state index contributed by atoms with van der Waals surface area (Å²) >= 11 is 0. The van der Waals surface area contributed by atoms with Crippen molar-refractivity contribution in [2.75, 3.05) is 13.1 Å². The Labute approximate surface area is 80.6 Å². The van der Waals surface area contributed by atoms with Gasteiger partial charge in [-0.15, -0.1) is 0 Å². The van der Waals surface area contributed by atoms with Crippen LogP contribution in [0.5, 0.6) is 0 Å². The minimum Gasteiger partial charge on any atom is -0.367 e. The van der Waals surface area contributed by atoms with E-state index in [4.69, 9.17) is 4.52 Å². The van der Waals surface area contributed by atoms with Gasteiger partial charge in [-0.05, 0) is 12.1 Å². The molecule has 1 aromatic carbocycles. The Hall–Kier alpha value is -1.84. The lowest BCUT2D eigenvalue weighted by atomic mass is 10.2. The highest BCUT2D eigenvalue weighted by Crippen LogP contribution is 2.18. The van der Waals surface area contributed by atoms with Gasteiger partial charge in [0, 0.05) is 6.54 Å². The van der Waals surface area contributed by atoms with Gasteiger partial charge in [-0.3, -0.25) is 4.99 Å². The van der Waals surface area contributed by atoms with Crippen molar-refractivity contribution in [2.45, 2.75) is 0 Å². The number of nitrogens with one attached hydrogen (secondary N) is 1. The number of para-hydroxylation sites is 1. The molecule has 0 spiro atoms. The van der Waals surface area contributed by atoms with Crippen LogP contribution in [-0.2, 0) is 0 Å². The Bertz CT molecular complexity index is 501. The highest BCUT2D eigenvalue weighted by molar-refractivity contribution is 6.07. The first-order valence-electron chi connectivity index (χ1n) is 4.58. The maximum absolute atomic E-state index is 5.19. The van der Waals surface area contributed by atoms with Crippen LogP contribution in [0.4, 0.5) is 0 Å². The van der Waals surface area contributed by atoms with E-state index in [1.165, 1.54) is 0 Å². The summed E-state index contributed by atoms with van der Waals surface area (Å²) in [6.07, 6.45) is 0. The van der Waals surface area contributed by atoms with Gasteiger partial charge in [-0.2, -0.15) is 0 Å². The quantitative estimate of drug-likeness (QED) is 0.729. The molecule has 1 aromatic heterocycles. The summed E-state index contributed by atoms with van der Waals surface area (Å²) in [6, 6.07) is 7.80. The average Bonchev–Trinajstić information content (AvgIpc) is 2.85. The Kier molecular flexibility index (Phi) is 1.53. The van der Waals surface area contributed by atoms with Crippen LogP contribution in [0.2, 0.25) is 0 Å². The van der Waals surface area contributed by atoms with Gasteiger partial charge >= 0.3 is 0 Å². The summed E-state index contributed by atoms with van der Waals surface area (Å²) < 4.78 is 5.19. The van der Waals surface area contributed by atoms with Crippen LogP contribution in [0.3, 0.4) is 0 Å². The van der Waals surface area contributed by atoms with Crippen molar-refractivity contribution >= 4 is 16.8 Å². The first-order valence-corrected chi connectivity index (χ1v) is 4.58. The molecular formula is C10H9N3O. The van der Waals surface area contributed by atoms with E-state index in [-0.39, 0.29) is 0 Å². The van der Waals surface area contributed by atoms with Crippen molar-refractivity contribution < 1.29 is 4.52 Å². The third kappa shape index (κ3) is 1.00. The number of aromatic nitrogens is 1. The van der Waals surface area contributed by atoms with Gasteiger partial charge in [0.25, 0.3) is 0 Å². The molecule has 0 saturated carbocycles. The number of amidine groups is 1. The number of aliphatic imine (C=N–C) groups is 1. The smallest absolute Gasteiger partial charge is 0.167 e. The van der Waals surface area contributed by atoms with Crippen molar-refractivity contribution in [1.29, 1.82) is 0 Å². The molecule has 4 nitrogen and oxygen atoms in total. The molecule has 0 saturated heterocycles. The summed E-state index contributed by atoms with van der Waals surface area (Å²) in [7, 11) is 0.